The van der Waals surface area contributed by atoms with E-state index in [-0.39, 0.29) is 11.9 Å². The lowest BCUT2D eigenvalue weighted by atomic mass is 9.79. The molecule has 1 unspecified atom stereocenters. The third-order valence-electron chi connectivity index (χ3n) is 3.59. The van der Waals surface area contributed by atoms with Gasteiger partial charge in [0.2, 0.25) is 5.91 Å². The van der Waals surface area contributed by atoms with Crippen molar-refractivity contribution in [3.63, 3.8) is 0 Å². The van der Waals surface area contributed by atoms with Crippen LogP contribution in [0.5, 0.6) is 0 Å². The molecule has 0 aromatic rings. The first kappa shape index (κ1) is 18.9. The van der Waals surface area contributed by atoms with Gasteiger partial charge in [0.15, 0.2) is 0 Å². The summed E-state index contributed by atoms with van der Waals surface area (Å²) in [5.74, 6) is -1.93. The molecule has 0 heterocycles. The Morgan fingerprint density at radius 2 is 1.55 bits per heavy atom. The molecule has 0 spiro atoms. The number of aliphatic carboxylic acids is 1. The monoisotopic (exact) mass is 285 g/mol. The lowest BCUT2D eigenvalue weighted by Crippen LogP contribution is -2.50. The summed E-state index contributed by atoms with van der Waals surface area (Å²) >= 11 is 0. The van der Waals surface area contributed by atoms with Crippen molar-refractivity contribution in [2.75, 3.05) is 6.54 Å². The molecule has 0 aromatic heterocycles. The van der Waals surface area contributed by atoms with Crippen LogP contribution >= 0.6 is 0 Å². The fourth-order valence-electron chi connectivity index (χ4n) is 2.55. The van der Waals surface area contributed by atoms with Gasteiger partial charge in [-0.05, 0) is 24.2 Å². The normalized spacial score (nSPS) is 13.7. The molecule has 20 heavy (non-hydrogen) atoms. The fraction of sp³-hybridized carbons (Fsp3) is 0.875. The first-order valence-electron chi connectivity index (χ1n) is 7.59. The highest BCUT2D eigenvalue weighted by molar-refractivity contribution is 5.97. The number of hydrogen-bond acceptors (Lipinski definition) is 2. The maximum Gasteiger partial charge on any atom is 0.316 e. The standard InChI is InChI=1S/C16H31NO3/c1-8-12(9-2)17(10-11(3)4)14(18)13(15(19)20)16(5,6)7/h11-13H,8-10H2,1-7H3,(H,19,20). The van der Waals surface area contributed by atoms with Gasteiger partial charge < -0.3 is 10.0 Å². The minimum Gasteiger partial charge on any atom is -0.481 e. The number of rotatable bonds is 7. The van der Waals surface area contributed by atoms with E-state index in [1.807, 2.05) is 34.6 Å². The van der Waals surface area contributed by atoms with E-state index in [1.54, 1.807) is 4.90 Å². The number of carbonyl (C=O) groups excluding carboxylic acids is 1. The van der Waals surface area contributed by atoms with Gasteiger partial charge in [0.1, 0.15) is 5.92 Å². The van der Waals surface area contributed by atoms with Crippen molar-refractivity contribution in [2.45, 2.75) is 67.3 Å². The zero-order chi connectivity index (χ0) is 16.1. The number of carbonyl (C=O) groups is 2. The van der Waals surface area contributed by atoms with E-state index in [2.05, 4.69) is 13.8 Å². The maximum atomic E-state index is 12.8. The van der Waals surface area contributed by atoms with Crippen molar-refractivity contribution in [1.82, 2.24) is 4.90 Å². The Hall–Kier alpha value is -1.06. The Morgan fingerprint density at radius 3 is 1.80 bits per heavy atom. The molecule has 0 bridgehead atoms. The van der Waals surface area contributed by atoms with E-state index < -0.39 is 17.3 Å². The maximum absolute atomic E-state index is 12.8. The summed E-state index contributed by atoms with van der Waals surface area (Å²) in [5, 5.41) is 9.44. The van der Waals surface area contributed by atoms with Gasteiger partial charge in [-0.2, -0.15) is 0 Å². The number of carboxylic acid groups (broad SMARTS) is 1. The largest absolute Gasteiger partial charge is 0.481 e. The van der Waals surface area contributed by atoms with Crippen molar-refractivity contribution in [3.8, 4) is 0 Å². The smallest absolute Gasteiger partial charge is 0.316 e. The van der Waals surface area contributed by atoms with E-state index >= 15 is 0 Å². The Kier molecular flexibility index (Phi) is 7.25. The first-order chi connectivity index (χ1) is 9.06. The minimum atomic E-state index is -1.03. The highest BCUT2D eigenvalue weighted by Crippen LogP contribution is 2.29. The summed E-state index contributed by atoms with van der Waals surface area (Å²) in [7, 11) is 0. The topological polar surface area (TPSA) is 57.6 Å². The van der Waals surface area contributed by atoms with Gasteiger partial charge >= 0.3 is 5.97 Å². The van der Waals surface area contributed by atoms with E-state index in [0.717, 1.165) is 12.8 Å². The van der Waals surface area contributed by atoms with Crippen LogP contribution < -0.4 is 0 Å². The molecule has 1 N–H and O–H groups in total. The summed E-state index contributed by atoms with van der Waals surface area (Å²) in [6, 6.07) is 0.120. The molecule has 0 saturated carbocycles. The van der Waals surface area contributed by atoms with E-state index in [9.17, 15) is 14.7 Å². The molecule has 1 atom stereocenters. The van der Waals surface area contributed by atoms with Crippen LogP contribution in [-0.4, -0.2) is 34.5 Å². The van der Waals surface area contributed by atoms with Gasteiger partial charge in [0, 0.05) is 12.6 Å². The van der Waals surface area contributed by atoms with E-state index in [0.29, 0.717) is 12.5 Å². The molecule has 4 heteroatoms. The molecule has 1 amide bonds. The Labute approximate surface area is 123 Å². The van der Waals surface area contributed by atoms with Crippen LogP contribution in [0, 0.1) is 17.3 Å². The quantitative estimate of drug-likeness (QED) is 0.729. The molecule has 0 rings (SSSR count). The molecule has 0 radical (unpaired) electrons. The summed E-state index contributed by atoms with van der Waals surface area (Å²) in [6.07, 6.45) is 1.71. The lowest BCUT2D eigenvalue weighted by molar-refractivity contribution is -0.157. The van der Waals surface area contributed by atoms with Crippen molar-refractivity contribution >= 4 is 11.9 Å². The van der Waals surface area contributed by atoms with Crippen molar-refractivity contribution in [2.24, 2.45) is 17.3 Å². The highest BCUT2D eigenvalue weighted by Gasteiger charge is 2.41. The van der Waals surface area contributed by atoms with Crippen LogP contribution in [0.15, 0.2) is 0 Å². The zero-order valence-electron chi connectivity index (χ0n) is 14.1. The molecule has 0 aliphatic rings. The van der Waals surface area contributed by atoms with Gasteiger partial charge in [0.05, 0.1) is 0 Å². The van der Waals surface area contributed by atoms with E-state index in [1.165, 1.54) is 0 Å². The fourth-order valence-corrected chi connectivity index (χ4v) is 2.55. The second-order valence-electron chi connectivity index (χ2n) is 6.99. The van der Waals surface area contributed by atoms with Crippen LogP contribution in [0.25, 0.3) is 0 Å². The second-order valence-corrected chi connectivity index (χ2v) is 6.99. The van der Waals surface area contributed by atoms with Gasteiger partial charge in [0.25, 0.3) is 0 Å². The number of hydrogen-bond donors (Lipinski definition) is 1. The molecule has 4 nitrogen and oxygen atoms in total. The average molecular weight is 285 g/mol. The molecular weight excluding hydrogens is 254 g/mol. The number of amides is 1. The number of nitrogens with zero attached hydrogens (tertiary/aromatic N) is 1. The van der Waals surface area contributed by atoms with E-state index in [4.69, 9.17) is 0 Å². The van der Waals surface area contributed by atoms with Gasteiger partial charge in [-0.25, -0.2) is 0 Å². The predicted molar refractivity (Wildman–Crippen MR) is 81.5 cm³/mol. The molecular formula is C16H31NO3. The molecule has 0 aliphatic heterocycles. The Morgan fingerprint density at radius 1 is 1.10 bits per heavy atom. The van der Waals surface area contributed by atoms with Crippen molar-refractivity contribution < 1.29 is 14.7 Å². The Bertz CT molecular complexity index is 327. The molecule has 0 aromatic carbocycles. The zero-order valence-corrected chi connectivity index (χ0v) is 14.1. The highest BCUT2D eigenvalue weighted by atomic mass is 16.4. The Balaban J connectivity index is 5.43. The third-order valence-corrected chi connectivity index (χ3v) is 3.59. The SMILES string of the molecule is CCC(CC)N(CC(C)C)C(=O)C(C(=O)O)C(C)(C)C. The third kappa shape index (κ3) is 5.14. The minimum absolute atomic E-state index is 0.120. The summed E-state index contributed by atoms with van der Waals surface area (Å²) in [4.78, 5) is 26.1. The van der Waals surface area contributed by atoms with Crippen LogP contribution in [0.4, 0.5) is 0 Å². The van der Waals surface area contributed by atoms with Crippen LogP contribution in [-0.2, 0) is 9.59 Å². The summed E-state index contributed by atoms with van der Waals surface area (Å²) < 4.78 is 0. The lowest BCUT2D eigenvalue weighted by Gasteiger charge is -2.37. The van der Waals surface area contributed by atoms with Crippen LogP contribution in [0.1, 0.15) is 61.3 Å². The average Bonchev–Trinajstić information content (AvgIpc) is 2.26. The van der Waals surface area contributed by atoms with Crippen LogP contribution in [0.3, 0.4) is 0 Å². The summed E-state index contributed by atoms with van der Waals surface area (Å²) in [5.41, 5.74) is -0.579. The van der Waals surface area contributed by atoms with Gasteiger partial charge in [-0.3, -0.25) is 9.59 Å². The predicted octanol–water partition coefficient (Wildman–Crippen LogP) is 3.41. The van der Waals surface area contributed by atoms with Crippen LogP contribution in [0.2, 0.25) is 0 Å². The second kappa shape index (κ2) is 7.65. The van der Waals surface area contributed by atoms with Gasteiger partial charge in [-0.1, -0.05) is 48.5 Å². The molecule has 0 fully saturated rings. The molecule has 0 aliphatic carbocycles. The first-order valence-corrected chi connectivity index (χ1v) is 7.59. The number of carboxylic acids is 1. The summed E-state index contributed by atoms with van der Waals surface area (Å²) in [6.45, 7) is 14.2. The van der Waals surface area contributed by atoms with Crippen molar-refractivity contribution in [1.29, 1.82) is 0 Å². The molecule has 118 valence electrons. The van der Waals surface area contributed by atoms with Crippen molar-refractivity contribution in [3.05, 3.63) is 0 Å². The molecule has 0 saturated heterocycles. The van der Waals surface area contributed by atoms with Gasteiger partial charge in [-0.15, -0.1) is 0 Å².